The van der Waals surface area contributed by atoms with Crippen LogP contribution < -0.4 is 9.80 Å². The van der Waals surface area contributed by atoms with E-state index in [4.69, 9.17) is 4.42 Å². The lowest BCUT2D eigenvalue weighted by molar-refractivity contribution is 0.669. The number of anilines is 5. The lowest BCUT2D eigenvalue weighted by Crippen LogP contribution is -2.29. The van der Waals surface area contributed by atoms with Gasteiger partial charge in [-0.3, -0.25) is 0 Å². The van der Waals surface area contributed by atoms with Crippen LogP contribution in [0.15, 0.2) is 180 Å². The summed E-state index contributed by atoms with van der Waals surface area (Å²) < 4.78 is 9.34. The lowest BCUT2D eigenvalue weighted by Gasteiger charge is -2.32. The molecule has 4 heteroatoms. The SMILES string of the molecule is C1=Cc2c(N(c3cccc4c3oc3ccccc34)c3cccc4c3sc3ccccc34)ccc(C3=CC4C(C=C3)c3ccccc3N4c3ccccc3)c2CC1. The van der Waals surface area contributed by atoms with Gasteiger partial charge in [-0.25, -0.2) is 0 Å². The second-order valence-electron chi connectivity index (χ2n) is 15.1. The average molecular weight is 737 g/mol. The van der Waals surface area contributed by atoms with Gasteiger partial charge in [-0.1, -0.05) is 134 Å². The van der Waals surface area contributed by atoms with Crippen LogP contribution in [0.2, 0.25) is 0 Å². The van der Waals surface area contributed by atoms with Crippen molar-refractivity contribution in [1.29, 1.82) is 0 Å². The number of benzene rings is 7. The van der Waals surface area contributed by atoms with Crippen molar-refractivity contribution in [2.45, 2.75) is 24.8 Å². The minimum Gasteiger partial charge on any atom is -0.454 e. The van der Waals surface area contributed by atoms with Gasteiger partial charge in [-0.2, -0.15) is 0 Å². The zero-order valence-electron chi connectivity index (χ0n) is 30.6. The number of fused-ring (bicyclic) bond motifs is 10. The van der Waals surface area contributed by atoms with Crippen LogP contribution in [0.1, 0.15) is 34.6 Å². The van der Waals surface area contributed by atoms with E-state index in [1.165, 1.54) is 59.4 Å². The number of thiophene rings is 1. The molecule has 12 rings (SSSR count). The molecule has 266 valence electrons. The van der Waals surface area contributed by atoms with Gasteiger partial charge in [-0.15, -0.1) is 11.3 Å². The molecule has 3 nitrogen and oxygen atoms in total. The molecule has 3 heterocycles. The first kappa shape index (κ1) is 31.7. The zero-order valence-corrected chi connectivity index (χ0v) is 31.4. The van der Waals surface area contributed by atoms with Gasteiger partial charge in [0.1, 0.15) is 5.58 Å². The maximum atomic E-state index is 6.78. The number of rotatable bonds is 5. The van der Waals surface area contributed by atoms with Crippen molar-refractivity contribution in [2.24, 2.45) is 0 Å². The van der Waals surface area contributed by atoms with Crippen molar-refractivity contribution < 1.29 is 4.42 Å². The van der Waals surface area contributed by atoms with Crippen LogP contribution in [0.5, 0.6) is 0 Å². The molecule has 2 atom stereocenters. The molecule has 0 radical (unpaired) electrons. The van der Waals surface area contributed by atoms with Crippen molar-refractivity contribution in [1.82, 2.24) is 0 Å². The first-order chi connectivity index (χ1) is 27.8. The van der Waals surface area contributed by atoms with Crippen LogP contribution in [-0.2, 0) is 6.42 Å². The molecule has 0 N–H and O–H groups in total. The Morgan fingerprint density at radius 2 is 1.39 bits per heavy atom. The van der Waals surface area contributed by atoms with E-state index in [0.29, 0.717) is 5.92 Å². The molecule has 0 amide bonds. The summed E-state index contributed by atoms with van der Waals surface area (Å²) in [5, 5.41) is 4.83. The Bertz CT molecular complexity index is 3010. The second-order valence-corrected chi connectivity index (χ2v) is 16.1. The normalized spacial score (nSPS) is 17.1. The minimum atomic E-state index is 0.192. The fraction of sp³-hybridized carbons (Fsp3) is 0.0769. The Morgan fingerprint density at radius 1 is 0.625 bits per heavy atom. The number of hydrogen-bond donors (Lipinski definition) is 0. The summed E-state index contributed by atoms with van der Waals surface area (Å²) in [4.78, 5) is 5.01. The molecule has 7 aromatic carbocycles. The molecule has 0 bridgehead atoms. The highest BCUT2D eigenvalue weighted by molar-refractivity contribution is 7.26. The van der Waals surface area contributed by atoms with Crippen LogP contribution in [0.25, 0.3) is 53.8 Å². The molecule has 56 heavy (non-hydrogen) atoms. The fourth-order valence-corrected chi connectivity index (χ4v) is 10.8. The van der Waals surface area contributed by atoms with Crippen LogP contribution in [-0.4, -0.2) is 6.04 Å². The quantitative estimate of drug-likeness (QED) is 0.175. The van der Waals surface area contributed by atoms with Crippen molar-refractivity contribution in [3.63, 3.8) is 0 Å². The topological polar surface area (TPSA) is 19.6 Å². The maximum absolute atomic E-state index is 6.78. The first-order valence-electron chi connectivity index (χ1n) is 19.6. The summed E-state index contributed by atoms with van der Waals surface area (Å²) in [7, 11) is 0. The molecule has 2 aliphatic carbocycles. The number of furan rings is 1. The van der Waals surface area contributed by atoms with Crippen LogP contribution in [0.3, 0.4) is 0 Å². The van der Waals surface area contributed by atoms with Crippen molar-refractivity contribution in [3.8, 4) is 0 Å². The standard InChI is InChI=1S/C52H36N2OS/c1-2-14-34(15-3-1)53-44-23-9-6-18-38(44)39-29-28-33(32-48(39)53)35-30-31-45(37-17-5-4-16-36(35)37)54(46-24-12-21-42-40-19-7-10-26-49(40)55-51(42)46)47-25-13-22-43-41-20-8-11-27-50(41)56-52(43)47/h1-3,5-15,17-32,39,48H,4,16H2. The van der Waals surface area contributed by atoms with Crippen LogP contribution in [0.4, 0.5) is 28.4 Å². The largest absolute Gasteiger partial charge is 0.454 e. The van der Waals surface area contributed by atoms with Gasteiger partial charge in [0.2, 0.25) is 0 Å². The van der Waals surface area contributed by atoms with Crippen LogP contribution >= 0.6 is 11.3 Å². The zero-order chi connectivity index (χ0) is 36.7. The van der Waals surface area contributed by atoms with Crippen molar-refractivity contribution >= 4 is 93.5 Å². The molecule has 3 aliphatic rings. The Balaban J connectivity index is 1.07. The van der Waals surface area contributed by atoms with Gasteiger partial charge in [0.05, 0.1) is 27.8 Å². The molecular formula is C52H36N2OS. The van der Waals surface area contributed by atoms with Gasteiger partial charge in [-0.05, 0) is 83.6 Å². The molecule has 0 fully saturated rings. The number of allylic oxidation sites excluding steroid dienone is 3. The predicted molar refractivity (Wildman–Crippen MR) is 237 cm³/mol. The van der Waals surface area contributed by atoms with E-state index < -0.39 is 0 Å². The van der Waals surface area contributed by atoms with Gasteiger partial charge in [0.15, 0.2) is 5.58 Å². The average Bonchev–Trinajstić information content (AvgIpc) is 3.94. The van der Waals surface area contributed by atoms with E-state index in [1.54, 1.807) is 0 Å². The summed E-state index contributed by atoms with van der Waals surface area (Å²) in [6.07, 6.45) is 14.1. The third-order valence-electron chi connectivity index (χ3n) is 12.1. The molecule has 0 saturated carbocycles. The molecule has 2 unspecified atom stereocenters. The lowest BCUT2D eigenvalue weighted by atomic mass is 9.82. The third-order valence-corrected chi connectivity index (χ3v) is 13.3. The smallest absolute Gasteiger partial charge is 0.159 e. The Kier molecular flexibility index (Phi) is 7.05. The summed E-state index contributed by atoms with van der Waals surface area (Å²) in [5.74, 6) is 0.298. The molecule has 9 aromatic rings. The molecule has 0 spiro atoms. The van der Waals surface area contributed by atoms with E-state index >= 15 is 0 Å². The second kappa shape index (κ2) is 12.5. The van der Waals surface area contributed by atoms with Crippen molar-refractivity contribution in [2.75, 3.05) is 9.80 Å². The molecular weight excluding hydrogens is 701 g/mol. The molecule has 0 saturated heterocycles. The summed E-state index contributed by atoms with van der Waals surface area (Å²) in [6, 6.07) is 55.3. The van der Waals surface area contributed by atoms with Crippen LogP contribution in [0, 0.1) is 0 Å². The highest BCUT2D eigenvalue weighted by atomic mass is 32.1. The summed E-state index contributed by atoms with van der Waals surface area (Å²) >= 11 is 1.87. The Labute approximate surface area is 329 Å². The molecule has 2 aromatic heterocycles. The Morgan fingerprint density at radius 3 is 2.32 bits per heavy atom. The van der Waals surface area contributed by atoms with Gasteiger partial charge in [0.25, 0.3) is 0 Å². The van der Waals surface area contributed by atoms with E-state index in [0.717, 1.165) is 51.8 Å². The number of nitrogens with zero attached hydrogens (tertiary/aromatic N) is 2. The molecule has 1 aliphatic heterocycles. The maximum Gasteiger partial charge on any atom is 0.159 e. The van der Waals surface area contributed by atoms with E-state index in [2.05, 4.69) is 192 Å². The minimum absolute atomic E-state index is 0.192. The van der Waals surface area contributed by atoms with Gasteiger partial charge < -0.3 is 14.2 Å². The van der Waals surface area contributed by atoms with Gasteiger partial charge in [0, 0.05) is 49.1 Å². The van der Waals surface area contributed by atoms with Crippen molar-refractivity contribution in [3.05, 3.63) is 198 Å². The van der Waals surface area contributed by atoms with E-state index in [1.807, 2.05) is 11.3 Å². The summed E-state index contributed by atoms with van der Waals surface area (Å²) in [5.41, 5.74) is 14.3. The van der Waals surface area contributed by atoms with Gasteiger partial charge >= 0.3 is 0 Å². The van der Waals surface area contributed by atoms with E-state index in [9.17, 15) is 0 Å². The summed E-state index contributed by atoms with van der Waals surface area (Å²) in [6.45, 7) is 0. The number of hydrogen-bond acceptors (Lipinski definition) is 4. The number of para-hydroxylation sites is 4. The fourth-order valence-electron chi connectivity index (χ4n) is 9.62. The first-order valence-corrected chi connectivity index (χ1v) is 20.4. The third kappa shape index (κ3) is 4.69. The van der Waals surface area contributed by atoms with E-state index in [-0.39, 0.29) is 6.04 Å². The monoisotopic (exact) mass is 736 g/mol. The predicted octanol–water partition coefficient (Wildman–Crippen LogP) is 14.6. The highest BCUT2D eigenvalue weighted by Gasteiger charge is 2.38. The Hall–Kier alpha value is -6.62. The highest BCUT2D eigenvalue weighted by Crippen LogP contribution is 2.52.